The van der Waals surface area contributed by atoms with Crippen molar-refractivity contribution >= 4 is 16.7 Å². The van der Waals surface area contributed by atoms with Crippen molar-refractivity contribution in [1.29, 1.82) is 0 Å². The van der Waals surface area contributed by atoms with E-state index >= 15 is 0 Å². The first kappa shape index (κ1) is 8.04. The molecule has 0 aromatic carbocycles. The lowest BCUT2D eigenvalue weighted by Gasteiger charge is -2.04. The molecule has 0 bridgehead atoms. The molecule has 2 rings (SSSR count). The van der Waals surface area contributed by atoms with Crippen LogP contribution in [0.4, 0.5) is 5.69 Å². The summed E-state index contributed by atoms with van der Waals surface area (Å²) in [6.07, 6.45) is 3.32. The molecule has 4 nitrogen and oxygen atoms in total. The molecule has 0 unspecified atom stereocenters. The van der Waals surface area contributed by atoms with Crippen LogP contribution in [-0.2, 0) is 0 Å². The number of hydrogen-bond acceptors (Lipinski definition) is 3. The van der Waals surface area contributed by atoms with Crippen LogP contribution in [0.25, 0.3) is 11.0 Å². The van der Waals surface area contributed by atoms with Gasteiger partial charge in [-0.1, -0.05) is 13.8 Å². The number of rotatable bonds is 1. The highest BCUT2D eigenvalue weighted by Crippen LogP contribution is 2.25. The van der Waals surface area contributed by atoms with Gasteiger partial charge >= 0.3 is 0 Å². The van der Waals surface area contributed by atoms with E-state index in [4.69, 9.17) is 5.73 Å². The summed E-state index contributed by atoms with van der Waals surface area (Å²) < 4.78 is 0. The van der Waals surface area contributed by atoms with Gasteiger partial charge in [0.05, 0.1) is 16.8 Å². The van der Waals surface area contributed by atoms with Crippen molar-refractivity contribution in [3.05, 3.63) is 18.2 Å². The lowest BCUT2D eigenvalue weighted by atomic mass is 10.1. The standard InChI is InChI=1S/C9H12N4/c1-5(2)8-7-6(10)3-11-9(7)13-4-12-8/h3-5H,10H2,1-2H3,(H,11,12,13). The highest BCUT2D eigenvalue weighted by Gasteiger charge is 2.10. The zero-order valence-electron chi connectivity index (χ0n) is 7.70. The summed E-state index contributed by atoms with van der Waals surface area (Å²) in [5, 5.41) is 0.956. The van der Waals surface area contributed by atoms with Crippen LogP contribution in [0.3, 0.4) is 0 Å². The summed E-state index contributed by atoms with van der Waals surface area (Å²) in [4.78, 5) is 11.3. The van der Waals surface area contributed by atoms with Crippen LogP contribution in [-0.4, -0.2) is 15.0 Å². The number of nitrogens with one attached hydrogen (secondary N) is 1. The van der Waals surface area contributed by atoms with E-state index in [1.165, 1.54) is 0 Å². The van der Waals surface area contributed by atoms with Crippen molar-refractivity contribution in [2.75, 3.05) is 5.73 Å². The van der Waals surface area contributed by atoms with Gasteiger partial charge in [-0.05, 0) is 5.92 Å². The molecule has 2 aromatic heterocycles. The summed E-state index contributed by atoms with van der Waals surface area (Å²) in [5.74, 6) is 0.364. The van der Waals surface area contributed by atoms with E-state index in [1.54, 1.807) is 12.5 Å². The van der Waals surface area contributed by atoms with Gasteiger partial charge in [0, 0.05) is 6.20 Å². The van der Waals surface area contributed by atoms with Crippen LogP contribution in [0.5, 0.6) is 0 Å². The summed E-state index contributed by atoms with van der Waals surface area (Å²) in [5.41, 5.74) is 8.34. The largest absolute Gasteiger partial charge is 0.397 e. The fourth-order valence-corrected chi connectivity index (χ4v) is 1.45. The Balaban J connectivity index is 2.80. The van der Waals surface area contributed by atoms with E-state index in [9.17, 15) is 0 Å². The number of nitrogen functional groups attached to an aromatic ring is 1. The predicted molar refractivity (Wildman–Crippen MR) is 52.4 cm³/mol. The van der Waals surface area contributed by atoms with Crippen molar-refractivity contribution < 1.29 is 0 Å². The number of hydrogen-bond donors (Lipinski definition) is 2. The fraction of sp³-hybridized carbons (Fsp3) is 0.333. The van der Waals surface area contributed by atoms with Gasteiger partial charge in [-0.2, -0.15) is 0 Å². The van der Waals surface area contributed by atoms with E-state index in [1.807, 2.05) is 0 Å². The Morgan fingerprint density at radius 3 is 2.85 bits per heavy atom. The molecule has 0 fully saturated rings. The second-order valence-corrected chi connectivity index (χ2v) is 3.38. The third kappa shape index (κ3) is 1.14. The van der Waals surface area contributed by atoms with E-state index in [2.05, 4.69) is 28.8 Å². The smallest absolute Gasteiger partial charge is 0.143 e. The van der Waals surface area contributed by atoms with Gasteiger partial charge in [-0.15, -0.1) is 0 Å². The summed E-state index contributed by atoms with van der Waals surface area (Å²) >= 11 is 0. The number of aromatic amines is 1. The molecule has 2 heterocycles. The third-order valence-electron chi connectivity index (χ3n) is 2.08. The molecule has 0 saturated carbocycles. The monoisotopic (exact) mass is 176 g/mol. The number of fused-ring (bicyclic) bond motifs is 1. The van der Waals surface area contributed by atoms with E-state index in [-0.39, 0.29) is 0 Å². The van der Waals surface area contributed by atoms with Crippen molar-refractivity contribution in [1.82, 2.24) is 15.0 Å². The maximum absolute atomic E-state index is 5.80. The minimum Gasteiger partial charge on any atom is -0.397 e. The Bertz CT molecular complexity index is 430. The predicted octanol–water partition coefficient (Wildman–Crippen LogP) is 1.66. The van der Waals surface area contributed by atoms with Crippen LogP contribution in [0.15, 0.2) is 12.5 Å². The molecule has 13 heavy (non-hydrogen) atoms. The minimum absolute atomic E-state index is 0.364. The Morgan fingerprint density at radius 1 is 1.38 bits per heavy atom. The van der Waals surface area contributed by atoms with Crippen LogP contribution >= 0.6 is 0 Å². The Morgan fingerprint density at radius 2 is 2.15 bits per heavy atom. The first-order valence-electron chi connectivity index (χ1n) is 4.27. The lowest BCUT2D eigenvalue weighted by molar-refractivity contribution is 0.829. The van der Waals surface area contributed by atoms with E-state index in [0.29, 0.717) is 5.92 Å². The molecule has 0 atom stereocenters. The highest BCUT2D eigenvalue weighted by atomic mass is 14.9. The Labute approximate surface area is 76.2 Å². The SMILES string of the molecule is CC(C)c1ncnc2[nH]cc(N)c12. The van der Waals surface area contributed by atoms with Crippen LogP contribution < -0.4 is 5.73 Å². The van der Waals surface area contributed by atoms with E-state index in [0.717, 1.165) is 22.4 Å². The molecule has 2 aromatic rings. The quantitative estimate of drug-likeness (QED) is 0.694. The molecule has 0 amide bonds. The first-order valence-corrected chi connectivity index (χ1v) is 4.27. The number of nitrogens with zero attached hydrogens (tertiary/aromatic N) is 2. The lowest BCUT2D eigenvalue weighted by Crippen LogP contribution is -1.96. The second-order valence-electron chi connectivity index (χ2n) is 3.38. The summed E-state index contributed by atoms with van der Waals surface area (Å²) in [6.45, 7) is 4.18. The molecule has 3 N–H and O–H groups in total. The van der Waals surface area contributed by atoms with Crippen molar-refractivity contribution in [3.8, 4) is 0 Å². The highest BCUT2D eigenvalue weighted by molar-refractivity contribution is 5.90. The fourth-order valence-electron chi connectivity index (χ4n) is 1.45. The molecular formula is C9H12N4. The van der Waals surface area contributed by atoms with Crippen LogP contribution in [0.2, 0.25) is 0 Å². The third-order valence-corrected chi connectivity index (χ3v) is 2.08. The molecule has 0 aliphatic heterocycles. The Hall–Kier alpha value is -1.58. The maximum Gasteiger partial charge on any atom is 0.143 e. The van der Waals surface area contributed by atoms with Gasteiger partial charge in [0.2, 0.25) is 0 Å². The zero-order valence-corrected chi connectivity index (χ0v) is 7.70. The minimum atomic E-state index is 0.364. The van der Waals surface area contributed by atoms with Crippen molar-refractivity contribution in [3.63, 3.8) is 0 Å². The van der Waals surface area contributed by atoms with Gasteiger partial charge in [0.15, 0.2) is 0 Å². The molecule has 0 saturated heterocycles. The zero-order chi connectivity index (χ0) is 9.42. The molecule has 4 heteroatoms. The topological polar surface area (TPSA) is 67.6 Å². The number of anilines is 1. The molecule has 0 radical (unpaired) electrons. The van der Waals surface area contributed by atoms with Gasteiger partial charge < -0.3 is 10.7 Å². The summed E-state index contributed by atoms with van der Waals surface area (Å²) in [7, 11) is 0. The van der Waals surface area contributed by atoms with Gasteiger partial charge in [0.1, 0.15) is 12.0 Å². The van der Waals surface area contributed by atoms with Crippen LogP contribution in [0.1, 0.15) is 25.5 Å². The molecule has 0 aliphatic carbocycles. The van der Waals surface area contributed by atoms with Gasteiger partial charge in [-0.3, -0.25) is 0 Å². The van der Waals surface area contributed by atoms with Crippen LogP contribution in [0, 0.1) is 0 Å². The summed E-state index contributed by atoms with van der Waals surface area (Å²) in [6, 6.07) is 0. The van der Waals surface area contributed by atoms with Gasteiger partial charge in [0.25, 0.3) is 0 Å². The molecule has 0 spiro atoms. The Kier molecular flexibility index (Phi) is 1.69. The number of H-pyrrole nitrogens is 1. The van der Waals surface area contributed by atoms with Crippen molar-refractivity contribution in [2.24, 2.45) is 0 Å². The van der Waals surface area contributed by atoms with E-state index < -0.39 is 0 Å². The van der Waals surface area contributed by atoms with Gasteiger partial charge in [-0.25, -0.2) is 9.97 Å². The maximum atomic E-state index is 5.80. The first-order chi connectivity index (χ1) is 6.20. The second kappa shape index (κ2) is 2.73. The average molecular weight is 176 g/mol. The van der Waals surface area contributed by atoms with Crippen molar-refractivity contribution in [2.45, 2.75) is 19.8 Å². The number of aromatic nitrogens is 3. The molecule has 0 aliphatic rings. The molecular weight excluding hydrogens is 164 g/mol. The average Bonchev–Trinajstić information content (AvgIpc) is 2.48. The normalized spacial score (nSPS) is 11.3. The molecule has 68 valence electrons. The number of nitrogens with two attached hydrogens (primary N) is 1.